The van der Waals surface area contributed by atoms with E-state index < -0.39 is 0 Å². The lowest BCUT2D eigenvalue weighted by molar-refractivity contribution is 0.0169. The van der Waals surface area contributed by atoms with E-state index in [1.54, 1.807) is 0 Å². The Bertz CT molecular complexity index is 357. The van der Waals surface area contributed by atoms with Crippen LogP contribution in [0.3, 0.4) is 0 Å². The zero-order valence-electron chi connectivity index (χ0n) is 15.6. The van der Waals surface area contributed by atoms with Crippen molar-refractivity contribution in [2.45, 2.75) is 51.1 Å². The average molecular weight is 339 g/mol. The van der Waals surface area contributed by atoms with Gasteiger partial charge in [0, 0.05) is 58.0 Å². The van der Waals surface area contributed by atoms with Crippen molar-refractivity contribution < 1.29 is 5.11 Å². The van der Waals surface area contributed by atoms with E-state index in [2.05, 4.69) is 26.9 Å². The van der Waals surface area contributed by atoms with Gasteiger partial charge in [-0.15, -0.1) is 0 Å². The van der Waals surface area contributed by atoms with E-state index in [9.17, 15) is 5.11 Å². The lowest BCUT2D eigenvalue weighted by Crippen LogP contribution is -2.59. The number of likely N-dealkylation sites (tertiary alicyclic amines) is 1. The summed E-state index contributed by atoms with van der Waals surface area (Å²) in [6.45, 7) is 13.6. The van der Waals surface area contributed by atoms with E-state index in [0.717, 1.165) is 18.9 Å². The molecule has 0 bridgehead atoms. The van der Waals surface area contributed by atoms with Crippen molar-refractivity contribution in [2.75, 3.05) is 65.5 Å². The first-order valence-corrected chi connectivity index (χ1v) is 10.3. The van der Waals surface area contributed by atoms with Crippen LogP contribution in [0.5, 0.6) is 0 Å². The molecular weight excluding hydrogens is 300 g/mol. The fraction of sp³-hybridized carbons (Fsp3) is 1.00. The predicted molar refractivity (Wildman–Crippen MR) is 99.4 cm³/mol. The van der Waals surface area contributed by atoms with E-state index in [-0.39, 0.29) is 0 Å². The minimum absolute atomic E-state index is 0.338. The number of rotatable bonds is 6. The summed E-state index contributed by atoms with van der Waals surface area (Å²) in [4.78, 5) is 8.04. The quantitative estimate of drug-likeness (QED) is 0.751. The maximum Gasteiger partial charge on any atom is 0.0445 e. The van der Waals surface area contributed by atoms with Crippen LogP contribution in [-0.2, 0) is 0 Å². The van der Waals surface area contributed by atoms with Crippen LogP contribution >= 0.6 is 0 Å². The zero-order valence-corrected chi connectivity index (χ0v) is 15.6. The largest absolute Gasteiger partial charge is 0.396 e. The summed E-state index contributed by atoms with van der Waals surface area (Å²) in [5.41, 5.74) is 0. The average Bonchev–Trinajstić information content (AvgIpc) is 2.64. The van der Waals surface area contributed by atoms with Crippen LogP contribution in [0.15, 0.2) is 0 Å². The van der Waals surface area contributed by atoms with Gasteiger partial charge in [0.1, 0.15) is 0 Å². The van der Waals surface area contributed by atoms with Gasteiger partial charge < -0.3 is 20.2 Å². The van der Waals surface area contributed by atoms with Gasteiger partial charge in [-0.05, 0) is 51.2 Å². The summed E-state index contributed by atoms with van der Waals surface area (Å²) >= 11 is 0. The molecule has 3 unspecified atom stereocenters. The number of aliphatic hydroxyl groups is 1. The standard InChI is InChI=1S/C19H38N4O/c1-2-21-10-12-22(13-11-21)16-17-6-8-20-15-19(17)23-9-4-3-5-18(23)7-14-24/h17-20,24H,2-16H2,1H3. The molecule has 5 heteroatoms. The molecule has 0 spiro atoms. The molecule has 3 aliphatic heterocycles. The van der Waals surface area contributed by atoms with Gasteiger partial charge in [-0.1, -0.05) is 13.3 Å². The molecule has 3 atom stereocenters. The van der Waals surface area contributed by atoms with Crippen LogP contribution in [0, 0.1) is 5.92 Å². The Morgan fingerprint density at radius 3 is 2.54 bits per heavy atom. The highest BCUT2D eigenvalue weighted by Gasteiger charge is 2.36. The Hall–Kier alpha value is -0.200. The minimum Gasteiger partial charge on any atom is -0.396 e. The first kappa shape index (κ1) is 18.6. The van der Waals surface area contributed by atoms with E-state index in [1.165, 1.54) is 78.0 Å². The van der Waals surface area contributed by atoms with Gasteiger partial charge in [-0.2, -0.15) is 0 Å². The highest BCUT2D eigenvalue weighted by atomic mass is 16.3. The molecule has 3 rings (SSSR count). The minimum atomic E-state index is 0.338. The van der Waals surface area contributed by atoms with E-state index >= 15 is 0 Å². The highest BCUT2D eigenvalue weighted by Crippen LogP contribution is 2.28. The molecule has 0 saturated carbocycles. The molecule has 3 aliphatic rings. The van der Waals surface area contributed by atoms with Crippen molar-refractivity contribution >= 4 is 0 Å². The molecule has 140 valence electrons. The second-order valence-corrected chi connectivity index (χ2v) is 7.95. The summed E-state index contributed by atoms with van der Waals surface area (Å²) in [6.07, 6.45) is 6.21. The molecule has 24 heavy (non-hydrogen) atoms. The number of nitrogens with one attached hydrogen (secondary N) is 1. The number of hydrogen-bond acceptors (Lipinski definition) is 5. The third-order valence-electron chi connectivity index (χ3n) is 6.56. The third-order valence-corrected chi connectivity index (χ3v) is 6.56. The summed E-state index contributed by atoms with van der Waals surface area (Å²) in [6, 6.07) is 1.27. The van der Waals surface area contributed by atoms with Crippen molar-refractivity contribution in [3.63, 3.8) is 0 Å². The number of nitrogens with zero attached hydrogens (tertiary/aromatic N) is 3. The Morgan fingerprint density at radius 1 is 1.00 bits per heavy atom. The number of likely N-dealkylation sites (N-methyl/N-ethyl adjacent to an activating group) is 1. The first-order chi connectivity index (χ1) is 11.8. The molecule has 0 aromatic rings. The summed E-state index contributed by atoms with van der Waals surface area (Å²) in [5.74, 6) is 0.790. The van der Waals surface area contributed by atoms with Crippen LogP contribution in [0.25, 0.3) is 0 Å². The molecule has 0 aliphatic carbocycles. The maximum absolute atomic E-state index is 9.45. The Morgan fingerprint density at radius 2 is 1.79 bits per heavy atom. The van der Waals surface area contributed by atoms with Gasteiger partial charge in [-0.3, -0.25) is 4.90 Å². The smallest absolute Gasteiger partial charge is 0.0445 e. The van der Waals surface area contributed by atoms with Crippen molar-refractivity contribution in [2.24, 2.45) is 5.92 Å². The Labute approximate surface area is 148 Å². The van der Waals surface area contributed by atoms with Crippen molar-refractivity contribution in [3.8, 4) is 0 Å². The molecule has 3 fully saturated rings. The lowest BCUT2D eigenvalue weighted by atomic mass is 9.87. The van der Waals surface area contributed by atoms with Gasteiger partial charge in [0.25, 0.3) is 0 Å². The van der Waals surface area contributed by atoms with E-state index in [1.807, 2.05) is 0 Å². The van der Waals surface area contributed by atoms with Gasteiger partial charge in [-0.25, -0.2) is 0 Å². The first-order valence-electron chi connectivity index (χ1n) is 10.3. The number of piperazine rings is 1. The van der Waals surface area contributed by atoms with E-state index in [4.69, 9.17) is 0 Å². The third kappa shape index (κ3) is 4.70. The van der Waals surface area contributed by atoms with Crippen LogP contribution in [0.4, 0.5) is 0 Å². The fourth-order valence-corrected chi connectivity index (χ4v) is 5.04. The van der Waals surface area contributed by atoms with Gasteiger partial charge in [0.05, 0.1) is 0 Å². The molecule has 0 amide bonds. The monoisotopic (exact) mass is 338 g/mol. The molecule has 2 N–H and O–H groups in total. The zero-order chi connectivity index (χ0) is 16.8. The Kier molecular flexibility index (Phi) is 7.35. The molecule has 0 radical (unpaired) electrons. The molecule has 3 heterocycles. The number of aliphatic hydroxyl groups excluding tert-OH is 1. The van der Waals surface area contributed by atoms with Gasteiger partial charge >= 0.3 is 0 Å². The van der Waals surface area contributed by atoms with Crippen molar-refractivity contribution in [3.05, 3.63) is 0 Å². The SMILES string of the molecule is CCN1CCN(CC2CCNCC2N2CCCCC2CCO)CC1. The molecule has 3 saturated heterocycles. The molecule has 0 aromatic heterocycles. The van der Waals surface area contributed by atoms with E-state index in [0.29, 0.717) is 18.7 Å². The van der Waals surface area contributed by atoms with Crippen LogP contribution in [-0.4, -0.2) is 97.4 Å². The predicted octanol–water partition coefficient (Wildman–Crippen LogP) is 0.839. The highest BCUT2D eigenvalue weighted by molar-refractivity contribution is 4.92. The fourth-order valence-electron chi connectivity index (χ4n) is 5.04. The summed E-state index contributed by atoms with van der Waals surface area (Å²) < 4.78 is 0. The Balaban J connectivity index is 1.58. The van der Waals surface area contributed by atoms with Crippen LogP contribution < -0.4 is 5.32 Å². The molecule has 5 nitrogen and oxygen atoms in total. The number of piperidine rings is 2. The van der Waals surface area contributed by atoms with Gasteiger partial charge in [0.15, 0.2) is 0 Å². The summed E-state index contributed by atoms with van der Waals surface area (Å²) in [5, 5.41) is 13.1. The topological polar surface area (TPSA) is 42.0 Å². The maximum atomic E-state index is 9.45. The molecular formula is C19H38N4O. The summed E-state index contributed by atoms with van der Waals surface area (Å²) in [7, 11) is 0. The van der Waals surface area contributed by atoms with Crippen molar-refractivity contribution in [1.29, 1.82) is 0 Å². The second-order valence-electron chi connectivity index (χ2n) is 7.95. The number of hydrogen-bond donors (Lipinski definition) is 2. The normalized spacial score (nSPS) is 34.5. The van der Waals surface area contributed by atoms with Crippen molar-refractivity contribution in [1.82, 2.24) is 20.0 Å². The lowest BCUT2D eigenvalue weighted by Gasteiger charge is -2.48. The second kappa shape index (κ2) is 9.48. The van der Waals surface area contributed by atoms with Crippen LogP contribution in [0.2, 0.25) is 0 Å². The van der Waals surface area contributed by atoms with Crippen LogP contribution in [0.1, 0.15) is 39.0 Å². The van der Waals surface area contributed by atoms with Gasteiger partial charge in [0.2, 0.25) is 0 Å². The molecule has 0 aromatic carbocycles.